The summed E-state index contributed by atoms with van der Waals surface area (Å²) in [6, 6.07) is 11.1. The van der Waals surface area contributed by atoms with E-state index in [0.29, 0.717) is 30.2 Å². The van der Waals surface area contributed by atoms with E-state index in [9.17, 15) is 22.4 Å². The first kappa shape index (κ1) is 27.1. The number of hydrogen-bond acceptors (Lipinski definition) is 5. The Labute approximate surface area is 200 Å². The van der Waals surface area contributed by atoms with Crippen molar-refractivity contribution in [2.24, 2.45) is 0 Å². The van der Waals surface area contributed by atoms with Crippen molar-refractivity contribution in [2.45, 2.75) is 39.8 Å². The Balaban J connectivity index is 2.33. The van der Waals surface area contributed by atoms with Gasteiger partial charge in [0.15, 0.2) is 0 Å². The molecular weight excluding hydrogens is 461 g/mol. The summed E-state index contributed by atoms with van der Waals surface area (Å²) in [5, 5.41) is 2.76. The maximum Gasteiger partial charge on any atom is 0.244 e. The normalized spacial score (nSPS) is 12.0. The van der Waals surface area contributed by atoms with Crippen molar-refractivity contribution < 1.29 is 27.1 Å². The summed E-state index contributed by atoms with van der Waals surface area (Å²) in [6.45, 7) is 5.75. The van der Waals surface area contributed by atoms with E-state index in [1.807, 2.05) is 13.8 Å². The van der Waals surface area contributed by atoms with Crippen LogP contribution in [0, 0.1) is 5.82 Å². The summed E-state index contributed by atoms with van der Waals surface area (Å²) in [7, 11) is -3.82. The number of anilines is 1. The highest BCUT2D eigenvalue weighted by molar-refractivity contribution is 7.92. The molecule has 0 aromatic heterocycles. The molecule has 0 spiro atoms. The summed E-state index contributed by atoms with van der Waals surface area (Å²) < 4.78 is 44.8. The molecule has 0 heterocycles. The highest BCUT2D eigenvalue weighted by Gasteiger charge is 2.30. The van der Waals surface area contributed by atoms with Crippen LogP contribution in [0.2, 0.25) is 0 Å². The lowest BCUT2D eigenvalue weighted by Crippen LogP contribution is -2.51. The van der Waals surface area contributed by atoms with Gasteiger partial charge in [0.2, 0.25) is 21.8 Å². The van der Waals surface area contributed by atoms with E-state index in [1.165, 1.54) is 29.2 Å². The molecule has 0 saturated heterocycles. The number of carbonyl (C=O) groups excluding carboxylic acids is 2. The minimum atomic E-state index is -3.82. The lowest BCUT2D eigenvalue weighted by atomic mass is 10.1. The van der Waals surface area contributed by atoms with Gasteiger partial charge in [-0.3, -0.25) is 13.9 Å². The van der Waals surface area contributed by atoms with Crippen LogP contribution in [0.25, 0.3) is 0 Å². The first-order chi connectivity index (χ1) is 16.1. The molecule has 1 N–H and O–H groups in total. The van der Waals surface area contributed by atoms with Crippen molar-refractivity contribution >= 4 is 27.5 Å². The molecule has 10 heteroatoms. The van der Waals surface area contributed by atoms with Crippen molar-refractivity contribution in [1.82, 2.24) is 10.2 Å². The van der Waals surface area contributed by atoms with Crippen molar-refractivity contribution in [1.29, 1.82) is 0 Å². The molecule has 0 fully saturated rings. The number of nitrogens with zero attached hydrogens (tertiary/aromatic N) is 2. The number of amides is 2. The molecule has 2 rings (SSSR count). The highest BCUT2D eigenvalue weighted by Crippen LogP contribution is 2.22. The van der Waals surface area contributed by atoms with Gasteiger partial charge >= 0.3 is 0 Å². The number of sulfonamides is 1. The lowest BCUT2D eigenvalue weighted by Gasteiger charge is -2.31. The molecule has 0 saturated carbocycles. The minimum absolute atomic E-state index is 0.0146. The maximum absolute atomic E-state index is 13.4. The van der Waals surface area contributed by atoms with E-state index >= 15 is 0 Å². The molecule has 2 aromatic rings. The topological polar surface area (TPSA) is 96.0 Å². The van der Waals surface area contributed by atoms with Crippen LogP contribution >= 0.6 is 0 Å². The quantitative estimate of drug-likeness (QED) is 0.491. The van der Waals surface area contributed by atoms with E-state index in [1.54, 1.807) is 31.2 Å². The van der Waals surface area contributed by atoms with Crippen molar-refractivity contribution in [3.8, 4) is 5.75 Å². The number of halogens is 1. The number of ether oxygens (including phenoxy) is 1. The second kappa shape index (κ2) is 12.4. The first-order valence-corrected chi connectivity index (χ1v) is 12.9. The molecular formula is C24H32FN3O5S. The first-order valence-electron chi connectivity index (χ1n) is 11.1. The smallest absolute Gasteiger partial charge is 0.244 e. The Morgan fingerprint density at radius 3 is 2.21 bits per heavy atom. The second-order valence-corrected chi connectivity index (χ2v) is 9.72. The molecule has 0 aliphatic heterocycles. The Bertz CT molecular complexity index is 1060. The van der Waals surface area contributed by atoms with E-state index < -0.39 is 34.3 Å². The summed E-state index contributed by atoms with van der Waals surface area (Å²) in [5.74, 6) is -0.772. The van der Waals surface area contributed by atoms with Gasteiger partial charge in [-0.15, -0.1) is 0 Å². The summed E-state index contributed by atoms with van der Waals surface area (Å²) in [5.41, 5.74) is 0.904. The fourth-order valence-electron chi connectivity index (χ4n) is 3.25. The molecule has 34 heavy (non-hydrogen) atoms. The van der Waals surface area contributed by atoms with Crippen molar-refractivity contribution in [2.75, 3.05) is 30.3 Å². The van der Waals surface area contributed by atoms with Gasteiger partial charge in [0.1, 0.15) is 24.2 Å². The van der Waals surface area contributed by atoms with E-state index in [-0.39, 0.29) is 12.5 Å². The maximum atomic E-state index is 13.4. The predicted molar refractivity (Wildman–Crippen MR) is 130 cm³/mol. The van der Waals surface area contributed by atoms with Crippen LogP contribution in [0.3, 0.4) is 0 Å². The van der Waals surface area contributed by atoms with Gasteiger partial charge in [0, 0.05) is 13.1 Å². The molecule has 0 bridgehead atoms. The largest absolute Gasteiger partial charge is 0.494 e. The van der Waals surface area contributed by atoms with E-state index in [2.05, 4.69) is 5.32 Å². The van der Waals surface area contributed by atoms with Crippen LogP contribution in [0.5, 0.6) is 5.75 Å². The third-order valence-corrected chi connectivity index (χ3v) is 6.24. The van der Waals surface area contributed by atoms with Crippen LogP contribution in [0.1, 0.15) is 32.8 Å². The van der Waals surface area contributed by atoms with Crippen LogP contribution in [0.15, 0.2) is 48.5 Å². The van der Waals surface area contributed by atoms with Crippen molar-refractivity contribution in [3.05, 3.63) is 59.9 Å². The van der Waals surface area contributed by atoms with Gasteiger partial charge < -0.3 is 15.0 Å². The minimum Gasteiger partial charge on any atom is -0.494 e. The predicted octanol–water partition coefficient (Wildman–Crippen LogP) is 2.93. The van der Waals surface area contributed by atoms with Crippen LogP contribution in [0.4, 0.5) is 10.1 Å². The Hall–Kier alpha value is -3.14. The van der Waals surface area contributed by atoms with Gasteiger partial charge in [-0.05, 0) is 62.2 Å². The summed E-state index contributed by atoms with van der Waals surface area (Å²) in [4.78, 5) is 27.3. The van der Waals surface area contributed by atoms with E-state index in [0.717, 1.165) is 17.0 Å². The number of hydrogen-bond donors (Lipinski definition) is 1. The molecule has 0 aliphatic carbocycles. The molecule has 0 radical (unpaired) electrons. The SMILES string of the molecule is CCCNC(=O)[C@@H](C)N(Cc1ccc(F)cc1)C(=O)CN(c1ccc(OCC)cc1)S(C)(=O)=O. The molecule has 2 aromatic carbocycles. The third kappa shape index (κ3) is 7.72. The Kier molecular flexibility index (Phi) is 9.85. The zero-order valence-corrected chi connectivity index (χ0v) is 20.8. The molecule has 1 atom stereocenters. The van der Waals surface area contributed by atoms with Crippen molar-refractivity contribution in [3.63, 3.8) is 0 Å². The fraction of sp³-hybridized carbons (Fsp3) is 0.417. The Morgan fingerprint density at radius 2 is 1.68 bits per heavy atom. The van der Waals surface area contributed by atoms with Crippen LogP contribution < -0.4 is 14.4 Å². The van der Waals surface area contributed by atoms with Crippen LogP contribution in [-0.4, -0.2) is 57.1 Å². The highest BCUT2D eigenvalue weighted by atomic mass is 32.2. The molecule has 0 unspecified atom stereocenters. The van der Waals surface area contributed by atoms with E-state index in [4.69, 9.17) is 4.74 Å². The average Bonchev–Trinajstić information content (AvgIpc) is 2.80. The number of carbonyl (C=O) groups is 2. The second-order valence-electron chi connectivity index (χ2n) is 7.81. The van der Waals surface area contributed by atoms with Gasteiger partial charge in [0.25, 0.3) is 0 Å². The summed E-state index contributed by atoms with van der Waals surface area (Å²) in [6.07, 6.45) is 1.74. The van der Waals surface area contributed by atoms with Gasteiger partial charge in [-0.1, -0.05) is 19.1 Å². The fourth-order valence-corrected chi connectivity index (χ4v) is 4.10. The van der Waals surface area contributed by atoms with Crippen LogP contribution in [-0.2, 0) is 26.2 Å². The molecule has 186 valence electrons. The number of rotatable bonds is 12. The monoisotopic (exact) mass is 493 g/mol. The standard InChI is InChI=1S/C24H32FN3O5S/c1-5-15-26-24(30)18(3)27(16-19-7-9-20(25)10-8-19)23(29)17-28(34(4,31)32)21-11-13-22(14-12-21)33-6-2/h7-14,18H,5-6,15-17H2,1-4H3,(H,26,30)/t18-/m1/s1. The third-order valence-electron chi connectivity index (χ3n) is 5.10. The van der Waals surface area contributed by atoms with Gasteiger partial charge in [-0.2, -0.15) is 0 Å². The Morgan fingerprint density at radius 1 is 1.06 bits per heavy atom. The summed E-state index contributed by atoms with van der Waals surface area (Å²) >= 11 is 0. The van der Waals surface area contributed by atoms with Gasteiger partial charge in [-0.25, -0.2) is 12.8 Å². The molecule has 0 aliphatic rings. The average molecular weight is 494 g/mol. The molecule has 2 amide bonds. The van der Waals surface area contributed by atoms with Gasteiger partial charge in [0.05, 0.1) is 18.6 Å². The lowest BCUT2D eigenvalue weighted by molar-refractivity contribution is -0.139. The number of benzene rings is 2. The molecule has 8 nitrogen and oxygen atoms in total. The zero-order valence-electron chi connectivity index (χ0n) is 20.0. The number of nitrogens with one attached hydrogen (secondary N) is 1. The zero-order chi connectivity index (χ0) is 25.3.